The van der Waals surface area contributed by atoms with E-state index in [2.05, 4.69) is 5.43 Å². The molecule has 2 aromatic rings. The van der Waals surface area contributed by atoms with Crippen molar-refractivity contribution in [3.63, 3.8) is 0 Å². The van der Waals surface area contributed by atoms with Gasteiger partial charge in [-0.3, -0.25) is 4.68 Å². The molecule has 0 saturated carbocycles. The Kier molecular flexibility index (Phi) is 3.04. The molecule has 17 heavy (non-hydrogen) atoms. The van der Waals surface area contributed by atoms with Gasteiger partial charge in [-0.25, -0.2) is 4.39 Å². The largest absolute Gasteiger partial charge is 0.508 e. The maximum absolute atomic E-state index is 13.0. The number of nitrogens with one attached hydrogen (secondary N) is 1. The van der Waals surface area contributed by atoms with Gasteiger partial charge in [-0.1, -0.05) is 0 Å². The third-order valence-electron chi connectivity index (χ3n) is 2.74. The van der Waals surface area contributed by atoms with Crippen LogP contribution in [-0.4, -0.2) is 9.78 Å². The second-order valence-corrected chi connectivity index (χ2v) is 4.06. The molecule has 0 amide bonds. The molecule has 3 nitrogen and oxygen atoms in total. The Morgan fingerprint density at radius 2 is 1.82 bits per heavy atom. The van der Waals surface area contributed by atoms with Crippen LogP contribution in [0.4, 0.5) is 4.39 Å². The minimum Gasteiger partial charge on any atom is -0.508 e. The highest BCUT2D eigenvalue weighted by molar-refractivity contribution is 5.33. The summed E-state index contributed by atoms with van der Waals surface area (Å²) in [5, 5.41) is 9.59. The van der Waals surface area contributed by atoms with E-state index in [9.17, 15) is 9.50 Å². The van der Waals surface area contributed by atoms with Gasteiger partial charge in [0.1, 0.15) is 11.6 Å². The molecule has 0 fully saturated rings. The highest BCUT2D eigenvalue weighted by Crippen LogP contribution is 2.18. The molecule has 1 aromatic carbocycles. The Morgan fingerprint density at radius 3 is 2.47 bits per heavy atom. The molecule has 0 aliphatic carbocycles. The average Bonchev–Trinajstić information content (AvgIpc) is 2.61. The minimum absolute atomic E-state index is 0.0985. The third-order valence-corrected chi connectivity index (χ3v) is 2.74. The number of nitrogens with zero attached hydrogens (tertiary/aromatic N) is 1. The SMILES string of the molecule is Cc1ccc(C)n1NCc1cc(F)ccc1O. The highest BCUT2D eigenvalue weighted by Gasteiger charge is 2.04. The number of hydrogen-bond acceptors (Lipinski definition) is 2. The van der Waals surface area contributed by atoms with Crippen LogP contribution in [0.5, 0.6) is 5.75 Å². The van der Waals surface area contributed by atoms with E-state index in [0.29, 0.717) is 12.1 Å². The van der Waals surface area contributed by atoms with Crippen LogP contribution in [0.15, 0.2) is 30.3 Å². The molecule has 0 atom stereocenters. The fraction of sp³-hybridized carbons (Fsp3) is 0.231. The molecule has 0 radical (unpaired) electrons. The Labute approximate surface area is 99.5 Å². The van der Waals surface area contributed by atoms with Gasteiger partial charge >= 0.3 is 0 Å². The van der Waals surface area contributed by atoms with Crippen molar-refractivity contribution in [1.82, 2.24) is 4.68 Å². The van der Waals surface area contributed by atoms with Crippen LogP contribution < -0.4 is 5.43 Å². The molecule has 1 heterocycles. The zero-order valence-electron chi connectivity index (χ0n) is 9.87. The van der Waals surface area contributed by atoms with E-state index in [4.69, 9.17) is 0 Å². The summed E-state index contributed by atoms with van der Waals surface area (Å²) >= 11 is 0. The summed E-state index contributed by atoms with van der Waals surface area (Å²) in [6.45, 7) is 4.33. The summed E-state index contributed by atoms with van der Waals surface area (Å²) in [5.74, 6) is -0.248. The van der Waals surface area contributed by atoms with Gasteiger partial charge in [0.05, 0.1) is 6.54 Å². The first-order valence-electron chi connectivity index (χ1n) is 5.44. The fourth-order valence-corrected chi connectivity index (χ4v) is 1.78. The van der Waals surface area contributed by atoms with Crippen LogP contribution in [0.3, 0.4) is 0 Å². The summed E-state index contributed by atoms with van der Waals surface area (Å²) in [7, 11) is 0. The van der Waals surface area contributed by atoms with Crippen LogP contribution in [-0.2, 0) is 6.54 Å². The lowest BCUT2D eigenvalue weighted by molar-refractivity contribution is 0.465. The van der Waals surface area contributed by atoms with Gasteiger partial charge in [-0.2, -0.15) is 0 Å². The number of phenols is 1. The quantitative estimate of drug-likeness (QED) is 0.856. The van der Waals surface area contributed by atoms with Crippen LogP contribution in [0, 0.1) is 19.7 Å². The van der Waals surface area contributed by atoms with Crippen LogP contribution in [0.25, 0.3) is 0 Å². The standard InChI is InChI=1S/C13H15FN2O/c1-9-3-4-10(2)16(9)15-8-11-7-12(14)5-6-13(11)17/h3-7,15,17H,8H2,1-2H3. The molecule has 0 bridgehead atoms. The smallest absolute Gasteiger partial charge is 0.123 e. The van der Waals surface area contributed by atoms with Crippen LogP contribution >= 0.6 is 0 Å². The van der Waals surface area contributed by atoms with Gasteiger partial charge < -0.3 is 10.5 Å². The van der Waals surface area contributed by atoms with Crippen molar-refractivity contribution in [1.29, 1.82) is 0 Å². The molecule has 0 saturated heterocycles. The van der Waals surface area contributed by atoms with Crippen molar-refractivity contribution >= 4 is 0 Å². The number of phenolic OH excluding ortho intramolecular Hbond substituents is 1. The molecule has 1 aromatic heterocycles. The van der Waals surface area contributed by atoms with Gasteiger partial charge in [0, 0.05) is 17.0 Å². The first-order chi connectivity index (χ1) is 8.08. The predicted molar refractivity (Wildman–Crippen MR) is 65.0 cm³/mol. The van der Waals surface area contributed by atoms with Crippen molar-refractivity contribution in [3.8, 4) is 5.75 Å². The Hall–Kier alpha value is -1.97. The fourth-order valence-electron chi connectivity index (χ4n) is 1.78. The summed E-state index contributed by atoms with van der Waals surface area (Å²) in [6.07, 6.45) is 0. The lowest BCUT2D eigenvalue weighted by Gasteiger charge is -2.13. The summed E-state index contributed by atoms with van der Waals surface area (Å²) in [5.41, 5.74) is 5.81. The molecule has 0 aliphatic heterocycles. The van der Waals surface area contributed by atoms with Crippen molar-refractivity contribution < 1.29 is 9.50 Å². The third kappa shape index (κ3) is 2.41. The van der Waals surface area contributed by atoms with E-state index >= 15 is 0 Å². The number of hydrogen-bond donors (Lipinski definition) is 2. The number of aromatic hydroxyl groups is 1. The summed E-state index contributed by atoms with van der Waals surface area (Å²) in [4.78, 5) is 0. The van der Waals surface area contributed by atoms with Crippen LogP contribution in [0.1, 0.15) is 17.0 Å². The molecule has 0 unspecified atom stereocenters. The molecule has 2 N–H and O–H groups in total. The number of halogens is 1. The van der Waals surface area contributed by atoms with Gasteiger partial charge in [-0.15, -0.1) is 0 Å². The maximum Gasteiger partial charge on any atom is 0.123 e. The van der Waals surface area contributed by atoms with Gasteiger partial charge in [0.2, 0.25) is 0 Å². The minimum atomic E-state index is -0.347. The van der Waals surface area contributed by atoms with Crippen molar-refractivity contribution in [3.05, 3.63) is 53.1 Å². The molecule has 0 spiro atoms. The monoisotopic (exact) mass is 234 g/mol. The zero-order chi connectivity index (χ0) is 12.4. The first kappa shape index (κ1) is 11.5. The molecule has 2 rings (SSSR count). The molecule has 4 heteroatoms. The van der Waals surface area contributed by atoms with E-state index in [1.165, 1.54) is 18.2 Å². The van der Waals surface area contributed by atoms with E-state index in [0.717, 1.165) is 11.4 Å². The lowest BCUT2D eigenvalue weighted by atomic mass is 10.2. The van der Waals surface area contributed by atoms with E-state index in [1.807, 2.05) is 30.7 Å². The molecular formula is C13H15FN2O. The van der Waals surface area contributed by atoms with Crippen molar-refractivity contribution in [2.45, 2.75) is 20.4 Å². The second-order valence-electron chi connectivity index (χ2n) is 4.06. The molecule has 90 valence electrons. The predicted octanol–water partition coefficient (Wildman–Crippen LogP) is 2.69. The van der Waals surface area contributed by atoms with Crippen LogP contribution in [0.2, 0.25) is 0 Å². The lowest BCUT2D eigenvalue weighted by Crippen LogP contribution is -2.17. The van der Waals surface area contributed by atoms with Gasteiger partial charge in [-0.05, 0) is 44.2 Å². The summed E-state index contributed by atoms with van der Waals surface area (Å²) < 4.78 is 14.9. The second kappa shape index (κ2) is 4.49. The van der Waals surface area contributed by atoms with Crippen molar-refractivity contribution in [2.75, 3.05) is 5.43 Å². The average molecular weight is 234 g/mol. The first-order valence-corrected chi connectivity index (χ1v) is 5.44. The van der Waals surface area contributed by atoms with E-state index in [-0.39, 0.29) is 11.6 Å². The number of aryl methyl sites for hydroxylation is 2. The Balaban J connectivity index is 2.15. The number of rotatable bonds is 3. The van der Waals surface area contributed by atoms with Gasteiger partial charge in [0.25, 0.3) is 0 Å². The molecule has 0 aliphatic rings. The number of benzene rings is 1. The van der Waals surface area contributed by atoms with E-state index < -0.39 is 0 Å². The Morgan fingerprint density at radius 1 is 1.18 bits per heavy atom. The van der Waals surface area contributed by atoms with E-state index in [1.54, 1.807) is 0 Å². The Bertz CT molecular complexity index is 515. The maximum atomic E-state index is 13.0. The van der Waals surface area contributed by atoms with Gasteiger partial charge in [0.15, 0.2) is 0 Å². The normalized spacial score (nSPS) is 10.5. The van der Waals surface area contributed by atoms with Crippen molar-refractivity contribution in [2.24, 2.45) is 0 Å². The topological polar surface area (TPSA) is 37.2 Å². The zero-order valence-corrected chi connectivity index (χ0v) is 9.87. The molecular weight excluding hydrogens is 219 g/mol. The highest BCUT2D eigenvalue weighted by atomic mass is 19.1. The number of aromatic nitrogens is 1. The summed E-state index contributed by atoms with van der Waals surface area (Å²) in [6, 6.07) is 7.92.